The van der Waals surface area contributed by atoms with Crippen molar-refractivity contribution in [1.82, 2.24) is 0 Å². The molecule has 0 bridgehead atoms. The van der Waals surface area contributed by atoms with Crippen LogP contribution in [0.4, 0.5) is 5.69 Å². The minimum atomic E-state index is 0.147. The summed E-state index contributed by atoms with van der Waals surface area (Å²) in [6.45, 7) is 3.03. The third-order valence-electron chi connectivity index (χ3n) is 3.46. The van der Waals surface area contributed by atoms with E-state index in [0.717, 1.165) is 13.0 Å². The van der Waals surface area contributed by atoms with Gasteiger partial charge in [-0.2, -0.15) is 0 Å². The second-order valence-corrected chi connectivity index (χ2v) is 4.95. The highest BCUT2D eigenvalue weighted by Gasteiger charge is 2.05. The number of anilines is 1. The first-order chi connectivity index (χ1) is 9.20. The molecule has 2 rings (SSSR count). The number of benzene rings is 2. The van der Waals surface area contributed by atoms with Crippen LogP contribution in [0.25, 0.3) is 0 Å². The summed E-state index contributed by atoms with van der Waals surface area (Å²) in [5.41, 5.74) is 9.78. The molecule has 0 fully saturated rings. The summed E-state index contributed by atoms with van der Waals surface area (Å²) < 4.78 is 0. The Morgan fingerprint density at radius 1 is 1.00 bits per heavy atom. The molecule has 0 aliphatic carbocycles. The van der Waals surface area contributed by atoms with E-state index in [0.29, 0.717) is 0 Å². The molecule has 19 heavy (non-hydrogen) atoms. The number of nitrogens with two attached hydrogens (primary N) is 1. The molecule has 100 valence electrons. The molecule has 2 N–H and O–H groups in total. The lowest BCUT2D eigenvalue weighted by atomic mass is 10.1. The molecule has 0 saturated carbocycles. The highest BCUT2D eigenvalue weighted by Crippen LogP contribution is 2.20. The molecule has 0 radical (unpaired) electrons. The van der Waals surface area contributed by atoms with Crippen molar-refractivity contribution in [2.45, 2.75) is 25.9 Å². The van der Waals surface area contributed by atoms with Crippen molar-refractivity contribution in [2.24, 2.45) is 5.73 Å². The Bertz CT molecular complexity index is 490. The summed E-state index contributed by atoms with van der Waals surface area (Å²) >= 11 is 0. The van der Waals surface area contributed by atoms with Gasteiger partial charge in [-0.1, -0.05) is 49.4 Å². The zero-order chi connectivity index (χ0) is 13.7. The maximum atomic E-state index is 6.03. The Morgan fingerprint density at radius 2 is 1.63 bits per heavy atom. The highest BCUT2D eigenvalue weighted by atomic mass is 15.1. The predicted octanol–water partition coefficient (Wildman–Crippen LogP) is 3.73. The number of nitrogens with zero attached hydrogens (tertiary/aromatic N) is 1. The lowest BCUT2D eigenvalue weighted by Crippen LogP contribution is -2.16. The van der Waals surface area contributed by atoms with Gasteiger partial charge in [0.05, 0.1) is 0 Å². The molecule has 0 amide bonds. The van der Waals surface area contributed by atoms with Crippen molar-refractivity contribution in [2.75, 3.05) is 11.9 Å². The van der Waals surface area contributed by atoms with Crippen molar-refractivity contribution >= 4 is 5.69 Å². The fourth-order valence-corrected chi connectivity index (χ4v) is 2.16. The first-order valence-electron chi connectivity index (χ1n) is 6.81. The SMILES string of the molecule is CCC(N)c1ccc(N(C)Cc2ccccc2)cc1. The molecule has 0 saturated heterocycles. The maximum absolute atomic E-state index is 6.03. The normalized spacial score (nSPS) is 12.2. The van der Waals surface area contributed by atoms with Gasteiger partial charge in [-0.15, -0.1) is 0 Å². The van der Waals surface area contributed by atoms with Crippen LogP contribution < -0.4 is 10.6 Å². The topological polar surface area (TPSA) is 29.3 Å². The van der Waals surface area contributed by atoms with Crippen LogP contribution in [0.15, 0.2) is 54.6 Å². The lowest BCUT2D eigenvalue weighted by molar-refractivity contribution is 0.698. The number of hydrogen-bond donors (Lipinski definition) is 1. The molecule has 0 aliphatic heterocycles. The van der Waals surface area contributed by atoms with Gasteiger partial charge in [0.1, 0.15) is 0 Å². The predicted molar refractivity (Wildman–Crippen MR) is 82.2 cm³/mol. The molecule has 0 aliphatic rings. The van der Waals surface area contributed by atoms with E-state index in [2.05, 4.69) is 67.4 Å². The van der Waals surface area contributed by atoms with E-state index in [1.54, 1.807) is 0 Å². The van der Waals surface area contributed by atoms with Crippen LogP contribution in [0.3, 0.4) is 0 Å². The van der Waals surface area contributed by atoms with Gasteiger partial charge in [-0.3, -0.25) is 0 Å². The molecule has 2 aromatic rings. The summed E-state index contributed by atoms with van der Waals surface area (Å²) in [6.07, 6.45) is 0.971. The summed E-state index contributed by atoms with van der Waals surface area (Å²) in [5.74, 6) is 0. The molecule has 0 spiro atoms. The van der Waals surface area contributed by atoms with E-state index >= 15 is 0 Å². The first-order valence-corrected chi connectivity index (χ1v) is 6.81. The van der Waals surface area contributed by atoms with Gasteiger partial charge in [0.2, 0.25) is 0 Å². The average molecular weight is 254 g/mol. The third-order valence-corrected chi connectivity index (χ3v) is 3.46. The summed E-state index contributed by atoms with van der Waals surface area (Å²) in [5, 5.41) is 0. The molecule has 2 aromatic carbocycles. The Labute approximate surface area is 115 Å². The third kappa shape index (κ3) is 3.58. The van der Waals surface area contributed by atoms with Gasteiger partial charge in [-0.25, -0.2) is 0 Å². The zero-order valence-electron chi connectivity index (χ0n) is 11.7. The second kappa shape index (κ2) is 6.39. The lowest BCUT2D eigenvalue weighted by Gasteiger charge is -2.20. The largest absolute Gasteiger partial charge is 0.370 e. The molecule has 1 unspecified atom stereocenters. The average Bonchev–Trinajstić information content (AvgIpc) is 2.47. The minimum Gasteiger partial charge on any atom is -0.370 e. The maximum Gasteiger partial charge on any atom is 0.0426 e. The molecule has 2 nitrogen and oxygen atoms in total. The molecule has 0 heterocycles. The minimum absolute atomic E-state index is 0.147. The Morgan fingerprint density at radius 3 is 2.21 bits per heavy atom. The van der Waals surface area contributed by atoms with Crippen molar-refractivity contribution in [1.29, 1.82) is 0 Å². The van der Waals surface area contributed by atoms with E-state index < -0.39 is 0 Å². The molecular weight excluding hydrogens is 232 g/mol. The second-order valence-electron chi connectivity index (χ2n) is 4.95. The van der Waals surface area contributed by atoms with Gasteiger partial charge < -0.3 is 10.6 Å². The molecule has 2 heteroatoms. The van der Waals surface area contributed by atoms with Crippen LogP contribution >= 0.6 is 0 Å². The summed E-state index contributed by atoms with van der Waals surface area (Å²) in [7, 11) is 2.11. The quantitative estimate of drug-likeness (QED) is 0.881. The van der Waals surface area contributed by atoms with Crippen LogP contribution in [0.5, 0.6) is 0 Å². The Hall–Kier alpha value is -1.80. The first kappa shape index (κ1) is 13.6. The fraction of sp³-hybridized carbons (Fsp3) is 0.294. The van der Waals surface area contributed by atoms with Gasteiger partial charge >= 0.3 is 0 Å². The fourth-order valence-electron chi connectivity index (χ4n) is 2.16. The molecular formula is C17H22N2. The molecule has 0 aromatic heterocycles. The van der Waals surface area contributed by atoms with Crippen molar-refractivity contribution in [3.63, 3.8) is 0 Å². The van der Waals surface area contributed by atoms with E-state index in [4.69, 9.17) is 5.73 Å². The van der Waals surface area contributed by atoms with E-state index in [9.17, 15) is 0 Å². The standard InChI is InChI=1S/C17H22N2/c1-3-17(18)15-9-11-16(12-10-15)19(2)13-14-7-5-4-6-8-14/h4-12,17H,3,13,18H2,1-2H3. The van der Waals surface area contributed by atoms with Crippen molar-refractivity contribution < 1.29 is 0 Å². The van der Waals surface area contributed by atoms with E-state index in [1.807, 2.05) is 6.07 Å². The van der Waals surface area contributed by atoms with Crippen LogP contribution in [-0.4, -0.2) is 7.05 Å². The number of rotatable bonds is 5. The van der Waals surface area contributed by atoms with Crippen LogP contribution in [0.1, 0.15) is 30.5 Å². The zero-order valence-corrected chi connectivity index (χ0v) is 11.7. The van der Waals surface area contributed by atoms with Gasteiger partial charge in [0.25, 0.3) is 0 Å². The van der Waals surface area contributed by atoms with E-state index in [-0.39, 0.29) is 6.04 Å². The van der Waals surface area contributed by atoms with E-state index in [1.165, 1.54) is 16.8 Å². The van der Waals surface area contributed by atoms with Gasteiger partial charge in [0.15, 0.2) is 0 Å². The van der Waals surface area contributed by atoms with Gasteiger partial charge in [0, 0.05) is 25.3 Å². The monoisotopic (exact) mass is 254 g/mol. The highest BCUT2D eigenvalue weighted by molar-refractivity contribution is 5.47. The summed E-state index contributed by atoms with van der Waals surface area (Å²) in [4.78, 5) is 2.25. The van der Waals surface area contributed by atoms with Gasteiger partial charge in [-0.05, 0) is 29.7 Å². The Kier molecular flexibility index (Phi) is 4.58. The van der Waals surface area contributed by atoms with Crippen LogP contribution in [0.2, 0.25) is 0 Å². The summed E-state index contributed by atoms with van der Waals surface area (Å²) in [6, 6.07) is 19.2. The Balaban J connectivity index is 2.05. The van der Waals surface area contributed by atoms with Crippen molar-refractivity contribution in [3.05, 3.63) is 65.7 Å². The van der Waals surface area contributed by atoms with Crippen LogP contribution in [0, 0.1) is 0 Å². The van der Waals surface area contributed by atoms with Crippen molar-refractivity contribution in [3.8, 4) is 0 Å². The number of hydrogen-bond acceptors (Lipinski definition) is 2. The smallest absolute Gasteiger partial charge is 0.0426 e. The molecule has 1 atom stereocenters. The van der Waals surface area contributed by atoms with Crippen LogP contribution in [-0.2, 0) is 6.54 Å².